The zero-order valence-electron chi connectivity index (χ0n) is 11.0. The second-order valence-corrected chi connectivity index (χ2v) is 4.70. The Kier molecular flexibility index (Phi) is 4.78. The van der Waals surface area contributed by atoms with Gasteiger partial charge in [0.25, 0.3) is 0 Å². The fourth-order valence-corrected chi connectivity index (χ4v) is 2.38. The summed E-state index contributed by atoms with van der Waals surface area (Å²) in [7, 11) is 0. The normalized spacial score (nSPS) is 15.3. The highest BCUT2D eigenvalue weighted by atomic mass is 35.5. The molecule has 0 atom stereocenters. The SMILES string of the molecule is Cl.N#Cc1ccc2c(OC3CCNCC3)cccc2n1. The van der Waals surface area contributed by atoms with Gasteiger partial charge in [-0.1, -0.05) is 6.07 Å². The summed E-state index contributed by atoms with van der Waals surface area (Å²) in [6, 6.07) is 11.5. The van der Waals surface area contributed by atoms with Crippen LogP contribution in [0.15, 0.2) is 30.3 Å². The van der Waals surface area contributed by atoms with Gasteiger partial charge < -0.3 is 10.1 Å². The average Bonchev–Trinajstić information content (AvgIpc) is 2.48. The first-order valence-corrected chi connectivity index (χ1v) is 6.54. The van der Waals surface area contributed by atoms with Crippen molar-refractivity contribution in [2.24, 2.45) is 0 Å². The molecule has 1 aromatic heterocycles. The van der Waals surface area contributed by atoms with E-state index >= 15 is 0 Å². The number of pyridine rings is 1. The summed E-state index contributed by atoms with van der Waals surface area (Å²) >= 11 is 0. The summed E-state index contributed by atoms with van der Waals surface area (Å²) in [6.07, 6.45) is 2.32. The number of piperidine rings is 1. The van der Waals surface area contributed by atoms with E-state index in [0.29, 0.717) is 5.69 Å². The van der Waals surface area contributed by atoms with E-state index in [2.05, 4.69) is 16.4 Å². The number of nitrogens with zero attached hydrogens (tertiary/aromatic N) is 2. The molecule has 1 saturated heterocycles. The van der Waals surface area contributed by atoms with E-state index in [1.807, 2.05) is 24.3 Å². The molecule has 3 rings (SSSR count). The lowest BCUT2D eigenvalue weighted by Gasteiger charge is -2.24. The van der Waals surface area contributed by atoms with Crippen LogP contribution in [0.4, 0.5) is 0 Å². The largest absolute Gasteiger partial charge is 0.490 e. The van der Waals surface area contributed by atoms with Crippen molar-refractivity contribution in [3.63, 3.8) is 0 Å². The number of rotatable bonds is 2. The zero-order valence-corrected chi connectivity index (χ0v) is 11.8. The number of nitrogens with one attached hydrogen (secondary N) is 1. The minimum atomic E-state index is 0. The van der Waals surface area contributed by atoms with E-state index < -0.39 is 0 Å². The van der Waals surface area contributed by atoms with Crippen molar-refractivity contribution >= 4 is 23.3 Å². The molecule has 0 amide bonds. The summed E-state index contributed by atoms with van der Waals surface area (Å²) in [5.74, 6) is 0.862. The van der Waals surface area contributed by atoms with E-state index in [-0.39, 0.29) is 18.5 Å². The first kappa shape index (κ1) is 14.6. The van der Waals surface area contributed by atoms with Crippen LogP contribution < -0.4 is 10.1 Å². The molecule has 2 aromatic rings. The third kappa shape index (κ3) is 3.01. The molecule has 0 spiro atoms. The Morgan fingerprint density at radius 3 is 2.75 bits per heavy atom. The number of hydrogen-bond acceptors (Lipinski definition) is 4. The predicted molar refractivity (Wildman–Crippen MR) is 80.2 cm³/mol. The van der Waals surface area contributed by atoms with Crippen LogP contribution in [0.5, 0.6) is 5.75 Å². The average molecular weight is 290 g/mol. The third-order valence-electron chi connectivity index (χ3n) is 3.39. The second-order valence-electron chi connectivity index (χ2n) is 4.70. The molecule has 1 aromatic carbocycles. The maximum absolute atomic E-state index is 8.88. The quantitative estimate of drug-likeness (QED) is 0.923. The van der Waals surface area contributed by atoms with Gasteiger partial charge in [0.05, 0.1) is 5.52 Å². The number of hydrogen-bond donors (Lipinski definition) is 1. The van der Waals surface area contributed by atoms with Gasteiger partial charge in [0.1, 0.15) is 23.6 Å². The number of benzene rings is 1. The molecular formula is C15H16ClN3O. The van der Waals surface area contributed by atoms with Crippen LogP contribution in [0.2, 0.25) is 0 Å². The maximum atomic E-state index is 8.88. The van der Waals surface area contributed by atoms with Crippen molar-refractivity contribution in [1.82, 2.24) is 10.3 Å². The molecule has 1 aliphatic rings. The second kappa shape index (κ2) is 6.56. The van der Waals surface area contributed by atoms with Crippen LogP contribution in [-0.2, 0) is 0 Å². The minimum Gasteiger partial charge on any atom is -0.490 e. The third-order valence-corrected chi connectivity index (χ3v) is 3.39. The van der Waals surface area contributed by atoms with Crippen LogP contribution in [0.25, 0.3) is 10.9 Å². The monoisotopic (exact) mass is 289 g/mol. The van der Waals surface area contributed by atoms with Gasteiger partial charge in [-0.3, -0.25) is 0 Å². The Morgan fingerprint density at radius 1 is 1.20 bits per heavy atom. The molecule has 1 fully saturated rings. The van der Waals surface area contributed by atoms with E-state index in [1.54, 1.807) is 6.07 Å². The summed E-state index contributed by atoms with van der Waals surface area (Å²) in [6.45, 7) is 2.01. The topological polar surface area (TPSA) is 57.9 Å². The molecule has 20 heavy (non-hydrogen) atoms. The van der Waals surface area contributed by atoms with Crippen molar-refractivity contribution in [2.45, 2.75) is 18.9 Å². The van der Waals surface area contributed by atoms with E-state index in [1.165, 1.54) is 0 Å². The molecule has 0 saturated carbocycles. The van der Waals surface area contributed by atoms with Crippen LogP contribution in [0, 0.1) is 11.3 Å². The Labute approximate surface area is 124 Å². The first-order valence-electron chi connectivity index (χ1n) is 6.54. The Hall–Kier alpha value is -1.83. The van der Waals surface area contributed by atoms with Gasteiger partial charge >= 0.3 is 0 Å². The van der Waals surface area contributed by atoms with Crippen molar-refractivity contribution in [3.05, 3.63) is 36.0 Å². The number of ether oxygens (including phenoxy) is 1. The highest BCUT2D eigenvalue weighted by molar-refractivity contribution is 5.85. The maximum Gasteiger partial charge on any atom is 0.141 e. The molecule has 0 unspecified atom stereocenters. The van der Waals surface area contributed by atoms with E-state index in [4.69, 9.17) is 10.00 Å². The molecular weight excluding hydrogens is 274 g/mol. The van der Waals surface area contributed by atoms with Crippen molar-refractivity contribution in [1.29, 1.82) is 5.26 Å². The lowest BCUT2D eigenvalue weighted by Crippen LogP contribution is -2.34. The van der Waals surface area contributed by atoms with E-state index in [9.17, 15) is 0 Å². The molecule has 0 bridgehead atoms. The van der Waals surface area contributed by atoms with Gasteiger partial charge in [0.15, 0.2) is 0 Å². The smallest absolute Gasteiger partial charge is 0.141 e. The van der Waals surface area contributed by atoms with Gasteiger partial charge in [0, 0.05) is 5.39 Å². The van der Waals surface area contributed by atoms with Crippen LogP contribution in [0.3, 0.4) is 0 Å². The highest BCUT2D eigenvalue weighted by Gasteiger charge is 2.15. The van der Waals surface area contributed by atoms with Gasteiger partial charge in [0.2, 0.25) is 0 Å². The summed E-state index contributed by atoms with van der Waals surface area (Å²) < 4.78 is 6.08. The fraction of sp³-hybridized carbons (Fsp3) is 0.333. The van der Waals surface area contributed by atoms with E-state index in [0.717, 1.165) is 42.6 Å². The zero-order chi connectivity index (χ0) is 13.1. The first-order chi connectivity index (χ1) is 9.36. The van der Waals surface area contributed by atoms with Gasteiger partial charge in [-0.05, 0) is 50.2 Å². The Morgan fingerprint density at radius 2 is 2.00 bits per heavy atom. The Bertz CT molecular complexity index is 633. The molecule has 2 heterocycles. The molecule has 0 aliphatic carbocycles. The van der Waals surface area contributed by atoms with Gasteiger partial charge in [-0.15, -0.1) is 12.4 Å². The van der Waals surface area contributed by atoms with Crippen molar-refractivity contribution in [2.75, 3.05) is 13.1 Å². The molecule has 104 valence electrons. The van der Waals surface area contributed by atoms with Crippen molar-refractivity contribution < 1.29 is 4.74 Å². The lowest BCUT2D eigenvalue weighted by molar-refractivity contribution is 0.164. The number of nitriles is 1. The molecule has 1 N–H and O–H groups in total. The standard InChI is InChI=1S/C15H15N3O.ClH/c16-10-11-4-5-13-14(18-11)2-1-3-15(13)19-12-6-8-17-9-7-12;/h1-5,12,17H,6-9H2;1H. The van der Waals surface area contributed by atoms with Gasteiger partial charge in [-0.25, -0.2) is 4.98 Å². The summed E-state index contributed by atoms with van der Waals surface area (Å²) in [5.41, 5.74) is 1.25. The van der Waals surface area contributed by atoms with Crippen molar-refractivity contribution in [3.8, 4) is 11.8 Å². The molecule has 0 radical (unpaired) electrons. The fourth-order valence-electron chi connectivity index (χ4n) is 2.38. The minimum absolute atomic E-state index is 0. The number of halogens is 1. The molecule has 4 nitrogen and oxygen atoms in total. The lowest BCUT2D eigenvalue weighted by atomic mass is 10.1. The number of fused-ring (bicyclic) bond motifs is 1. The highest BCUT2D eigenvalue weighted by Crippen LogP contribution is 2.26. The Balaban J connectivity index is 0.00000147. The van der Waals surface area contributed by atoms with Crippen LogP contribution in [0.1, 0.15) is 18.5 Å². The molecule has 1 aliphatic heterocycles. The number of aromatic nitrogens is 1. The predicted octanol–water partition coefficient (Wildman–Crippen LogP) is 2.66. The molecule has 5 heteroatoms. The summed E-state index contributed by atoms with van der Waals surface area (Å²) in [5, 5.41) is 13.2. The van der Waals surface area contributed by atoms with Crippen LogP contribution >= 0.6 is 12.4 Å². The van der Waals surface area contributed by atoms with Gasteiger partial charge in [-0.2, -0.15) is 5.26 Å². The summed E-state index contributed by atoms with van der Waals surface area (Å²) in [4.78, 5) is 4.29. The van der Waals surface area contributed by atoms with Crippen LogP contribution in [-0.4, -0.2) is 24.2 Å².